The van der Waals surface area contributed by atoms with Crippen molar-refractivity contribution >= 4 is 66.4 Å². The predicted octanol–water partition coefficient (Wildman–Crippen LogP) is 13.2. The zero-order chi connectivity index (χ0) is 36.6. The minimum Gasteiger partial charge on any atom is -0.497 e. The highest BCUT2D eigenvalue weighted by Gasteiger charge is 2.19. The summed E-state index contributed by atoms with van der Waals surface area (Å²) in [6.07, 6.45) is 0. The fourth-order valence-corrected chi connectivity index (χ4v) is 7.59. The average Bonchev–Trinajstić information content (AvgIpc) is 3.24. The first-order valence-corrected chi connectivity index (χ1v) is 18.0. The molecule has 0 saturated carbocycles. The summed E-state index contributed by atoms with van der Waals surface area (Å²) in [5.74, 6) is 2.46. The summed E-state index contributed by atoms with van der Waals surface area (Å²) < 4.78 is 16.4. The van der Waals surface area contributed by atoms with E-state index in [-0.39, 0.29) is 0 Å². The van der Waals surface area contributed by atoms with Crippen LogP contribution in [0.5, 0.6) is 17.2 Å². The molecule has 0 fully saturated rings. The van der Waals surface area contributed by atoms with Gasteiger partial charge in [0.15, 0.2) is 0 Å². The van der Waals surface area contributed by atoms with Crippen LogP contribution in [-0.2, 0) is 0 Å². The maximum atomic E-state index is 5.53. The highest BCUT2D eigenvalue weighted by Crippen LogP contribution is 2.44. The highest BCUT2D eigenvalue weighted by molar-refractivity contribution is 6.25. The van der Waals surface area contributed by atoms with Crippen molar-refractivity contribution in [1.29, 1.82) is 0 Å². The fourth-order valence-electron chi connectivity index (χ4n) is 7.59. The van der Waals surface area contributed by atoms with E-state index in [4.69, 9.17) is 14.2 Å². The van der Waals surface area contributed by atoms with Crippen LogP contribution in [0.3, 0.4) is 0 Å². The molecule has 0 aromatic heterocycles. The number of ether oxygens (including phenoxy) is 3. The third-order valence-corrected chi connectivity index (χ3v) is 10.3. The summed E-state index contributed by atoms with van der Waals surface area (Å²) >= 11 is 0. The first-order chi connectivity index (χ1) is 26.6. The number of nitrogens with zero attached hydrogens (tertiary/aromatic N) is 2. The van der Waals surface area contributed by atoms with Gasteiger partial charge in [-0.1, -0.05) is 72.8 Å². The Bertz CT molecular complexity index is 2630. The Kier molecular flexibility index (Phi) is 8.45. The van der Waals surface area contributed by atoms with Gasteiger partial charge in [0.2, 0.25) is 0 Å². The lowest BCUT2D eigenvalue weighted by Crippen LogP contribution is -2.10. The van der Waals surface area contributed by atoms with Gasteiger partial charge in [0.1, 0.15) is 17.2 Å². The normalized spacial score (nSPS) is 11.2. The molecule has 9 rings (SSSR count). The van der Waals surface area contributed by atoms with E-state index in [1.807, 2.05) is 36.4 Å². The first-order valence-electron chi connectivity index (χ1n) is 18.0. The van der Waals surface area contributed by atoms with E-state index in [2.05, 4.69) is 149 Å². The molecule has 0 N–H and O–H groups in total. The quantitative estimate of drug-likeness (QED) is 0.133. The summed E-state index contributed by atoms with van der Waals surface area (Å²) in [5, 5.41) is 7.56. The van der Waals surface area contributed by atoms with Gasteiger partial charge in [-0.05, 0) is 141 Å². The van der Waals surface area contributed by atoms with Gasteiger partial charge in [-0.2, -0.15) is 0 Å². The lowest BCUT2D eigenvalue weighted by atomic mass is 9.93. The smallest absolute Gasteiger partial charge is 0.119 e. The molecule has 0 spiro atoms. The molecule has 5 nitrogen and oxygen atoms in total. The Hall–Kier alpha value is -6.98. The SMILES string of the molecule is COc1ccc(N(c2ccc(OC)cc2)c2ccc(-c3ccc(N(c4ccc(OC)cc4)c4ccc5ccc6cccc7ccc4c5c67)cc3)cc2)cc1. The van der Waals surface area contributed by atoms with Gasteiger partial charge in [0, 0.05) is 33.8 Å². The number of rotatable bonds is 10. The van der Waals surface area contributed by atoms with Gasteiger partial charge >= 0.3 is 0 Å². The zero-order valence-electron chi connectivity index (χ0n) is 30.4. The van der Waals surface area contributed by atoms with E-state index in [1.165, 1.54) is 32.3 Å². The van der Waals surface area contributed by atoms with Crippen molar-refractivity contribution in [2.75, 3.05) is 31.1 Å². The van der Waals surface area contributed by atoms with E-state index >= 15 is 0 Å². The third kappa shape index (κ3) is 5.86. The Morgan fingerprint density at radius 2 is 0.667 bits per heavy atom. The molecule has 9 aromatic rings. The Balaban J connectivity index is 1.09. The van der Waals surface area contributed by atoms with Gasteiger partial charge in [-0.25, -0.2) is 0 Å². The molecule has 0 amide bonds. The van der Waals surface area contributed by atoms with E-state index in [0.717, 1.165) is 62.5 Å². The van der Waals surface area contributed by atoms with Crippen molar-refractivity contribution < 1.29 is 14.2 Å². The van der Waals surface area contributed by atoms with Crippen LogP contribution in [-0.4, -0.2) is 21.3 Å². The molecule has 0 unspecified atom stereocenters. The molecular formula is C49H38N2O3. The van der Waals surface area contributed by atoms with Crippen molar-refractivity contribution in [1.82, 2.24) is 0 Å². The number of benzene rings is 9. The summed E-state index contributed by atoms with van der Waals surface area (Å²) in [5.41, 5.74) is 8.63. The summed E-state index contributed by atoms with van der Waals surface area (Å²) in [6, 6.07) is 62.1. The number of hydrogen-bond donors (Lipinski definition) is 0. The topological polar surface area (TPSA) is 34.2 Å². The summed E-state index contributed by atoms with van der Waals surface area (Å²) in [7, 11) is 5.07. The lowest BCUT2D eigenvalue weighted by Gasteiger charge is -2.28. The monoisotopic (exact) mass is 702 g/mol. The van der Waals surface area contributed by atoms with Crippen molar-refractivity contribution in [2.24, 2.45) is 0 Å². The largest absolute Gasteiger partial charge is 0.497 e. The highest BCUT2D eigenvalue weighted by atomic mass is 16.5. The Morgan fingerprint density at radius 1 is 0.315 bits per heavy atom. The van der Waals surface area contributed by atoms with Crippen LogP contribution in [0.4, 0.5) is 34.1 Å². The van der Waals surface area contributed by atoms with Crippen molar-refractivity contribution in [2.45, 2.75) is 0 Å². The minimum atomic E-state index is 0.817. The predicted molar refractivity (Wildman–Crippen MR) is 225 cm³/mol. The van der Waals surface area contributed by atoms with Gasteiger partial charge in [0.25, 0.3) is 0 Å². The molecule has 262 valence electrons. The second-order valence-electron chi connectivity index (χ2n) is 13.3. The lowest BCUT2D eigenvalue weighted by molar-refractivity contribution is 0.414. The average molecular weight is 703 g/mol. The van der Waals surface area contributed by atoms with Gasteiger partial charge < -0.3 is 24.0 Å². The van der Waals surface area contributed by atoms with Gasteiger partial charge in [-0.15, -0.1) is 0 Å². The molecule has 0 atom stereocenters. The van der Waals surface area contributed by atoms with Crippen LogP contribution in [0.15, 0.2) is 176 Å². The minimum absolute atomic E-state index is 0.817. The van der Waals surface area contributed by atoms with Crippen LogP contribution in [0.25, 0.3) is 43.4 Å². The maximum Gasteiger partial charge on any atom is 0.119 e. The third-order valence-electron chi connectivity index (χ3n) is 10.3. The van der Waals surface area contributed by atoms with Gasteiger partial charge in [-0.3, -0.25) is 0 Å². The maximum absolute atomic E-state index is 5.53. The summed E-state index contributed by atoms with van der Waals surface area (Å²) in [4.78, 5) is 4.58. The second-order valence-corrected chi connectivity index (χ2v) is 13.3. The van der Waals surface area contributed by atoms with E-state index < -0.39 is 0 Å². The van der Waals surface area contributed by atoms with E-state index in [1.54, 1.807) is 21.3 Å². The number of hydrogen-bond acceptors (Lipinski definition) is 5. The zero-order valence-corrected chi connectivity index (χ0v) is 30.4. The first kappa shape index (κ1) is 32.9. The molecule has 5 heteroatoms. The molecule has 0 heterocycles. The van der Waals surface area contributed by atoms with Crippen molar-refractivity contribution in [3.8, 4) is 28.4 Å². The Labute approximate surface area is 315 Å². The van der Waals surface area contributed by atoms with Crippen LogP contribution in [0, 0.1) is 0 Å². The molecule has 9 aromatic carbocycles. The second kappa shape index (κ2) is 13.9. The van der Waals surface area contributed by atoms with Crippen LogP contribution < -0.4 is 24.0 Å². The number of methoxy groups -OCH3 is 3. The molecule has 0 radical (unpaired) electrons. The van der Waals surface area contributed by atoms with Crippen molar-refractivity contribution in [3.63, 3.8) is 0 Å². The molecule has 0 aliphatic rings. The molecule has 0 saturated heterocycles. The standard InChI is InChI=1S/C49H38N2O3/c1-52-43-25-19-39(20-26-43)50(40-21-27-44(53-2)28-22-40)38-15-9-33(10-16-38)34-11-17-41(18-12-34)51(42-23-29-45(54-3)30-24-42)47-32-14-37-8-7-35-5-4-6-36-13-31-46(47)49(37)48(35)36/h4-32H,1-3H3. The van der Waals surface area contributed by atoms with Crippen LogP contribution >= 0.6 is 0 Å². The van der Waals surface area contributed by atoms with E-state index in [9.17, 15) is 0 Å². The molecule has 54 heavy (non-hydrogen) atoms. The van der Waals surface area contributed by atoms with Crippen molar-refractivity contribution in [3.05, 3.63) is 176 Å². The van der Waals surface area contributed by atoms with E-state index in [0.29, 0.717) is 0 Å². The number of anilines is 6. The van der Waals surface area contributed by atoms with Crippen LogP contribution in [0.2, 0.25) is 0 Å². The van der Waals surface area contributed by atoms with Crippen LogP contribution in [0.1, 0.15) is 0 Å². The molecular weight excluding hydrogens is 665 g/mol. The molecule has 0 aliphatic heterocycles. The molecule has 0 bridgehead atoms. The van der Waals surface area contributed by atoms with Gasteiger partial charge in [0.05, 0.1) is 27.0 Å². The fraction of sp³-hybridized carbons (Fsp3) is 0.0612. The Morgan fingerprint density at radius 3 is 1.09 bits per heavy atom. The summed E-state index contributed by atoms with van der Waals surface area (Å²) in [6.45, 7) is 0. The molecule has 0 aliphatic carbocycles.